The number of ether oxygens (including phenoxy) is 1. The van der Waals surface area contributed by atoms with Crippen molar-refractivity contribution in [3.8, 4) is 11.4 Å². The molecule has 176 valence electrons. The van der Waals surface area contributed by atoms with Crippen molar-refractivity contribution in [2.75, 3.05) is 32.2 Å². The third-order valence-electron chi connectivity index (χ3n) is 6.08. The highest BCUT2D eigenvalue weighted by Gasteiger charge is 2.30. The molecule has 0 radical (unpaired) electrons. The van der Waals surface area contributed by atoms with E-state index in [0.29, 0.717) is 49.2 Å². The fourth-order valence-electron chi connectivity index (χ4n) is 4.12. The second-order valence-electron chi connectivity index (χ2n) is 8.86. The Bertz CT molecular complexity index is 1190. The number of likely N-dealkylation sites (N-methyl/N-ethyl adjacent to an activating group) is 1. The third kappa shape index (κ3) is 4.84. The predicted molar refractivity (Wildman–Crippen MR) is 132 cm³/mol. The van der Waals surface area contributed by atoms with Gasteiger partial charge in [0.1, 0.15) is 5.82 Å². The molecular weight excluding hydrogens is 428 g/mol. The van der Waals surface area contributed by atoms with Gasteiger partial charge in [0.05, 0.1) is 19.6 Å². The number of hydrogen-bond donors (Lipinski definition) is 0. The van der Waals surface area contributed by atoms with E-state index < -0.39 is 0 Å². The van der Waals surface area contributed by atoms with E-state index in [2.05, 4.69) is 24.9 Å². The molecule has 4 rings (SSSR count). The average Bonchev–Trinajstić information content (AvgIpc) is 3.16. The topological polar surface area (TPSA) is 75.6 Å². The van der Waals surface area contributed by atoms with E-state index in [1.165, 1.54) is 5.56 Å². The molecule has 1 aromatic heterocycles. The Balaban J connectivity index is 1.56. The molecule has 0 fully saturated rings. The molecule has 7 nitrogen and oxygen atoms in total. The fourth-order valence-corrected chi connectivity index (χ4v) is 4.12. The highest BCUT2D eigenvalue weighted by molar-refractivity contribution is 6.00. The van der Waals surface area contributed by atoms with Crippen LogP contribution in [-0.2, 0) is 22.5 Å². The molecule has 0 aliphatic carbocycles. The molecule has 0 unspecified atom stereocenters. The van der Waals surface area contributed by atoms with Crippen molar-refractivity contribution in [2.45, 2.75) is 32.7 Å². The molecule has 7 heteroatoms. The summed E-state index contributed by atoms with van der Waals surface area (Å²) in [7, 11) is 3.37. The molecule has 0 spiro atoms. The van der Waals surface area contributed by atoms with E-state index in [-0.39, 0.29) is 11.8 Å². The van der Waals surface area contributed by atoms with Gasteiger partial charge in [-0.25, -0.2) is 9.97 Å². The minimum absolute atomic E-state index is 0.00181. The summed E-state index contributed by atoms with van der Waals surface area (Å²) in [5.74, 6) is 1.56. The van der Waals surface area contributed by atoms with Gasteiger partial charge in [-0.2, -0.15) is 0 Å². The number of carbonyl (C=O) groups is 2. The Morgan fingerprint density at radius 1 is 1.15 bits per heavy atom. The molecule has 0 N–H and O–H groups in total. The molecule has 2 amide bonds. The zero-order chi connectivity index (χ0) is 24.2. The first-order valence-corrected chi connectivity index (χ1v) is 11.5. The van der Waals surface area contributed by atoms with E-state index in [1.807, 2.05) is 30.3 Å². The predicted octanol–water partition coefficient (Wildman–Crippen LogP) is 4.07. The molecule has 1 aliphatic heterocycles. The van der Waals surface area contributed by atoms with Crippen LogP contribution in [0.3, 0.4) is 0 Å². The van der Waals surface area contributed by atoms with Gasteiger partial charge in [-0.15, -0.1) is 0 Å². The zero-order valence-corrected chi connectivity index (χ0v) is 20.1. The number of aromatic nitrogens is 2. The monoisotopic (exact) mass is 458 g/mol. The van der Waals surface area contributed by atoms with Crippen LogP contribution in [0.15, 0.2) is 54.7 Å². The highest BCUT2D eigenvalue weighted by atomic mass is 16.5. The smallest absolute Gasteiger partial charge is 0.253 e. The van der Waals surface area contributed by atoms with Crippen molar-refractivity contribution in [3.63, 3.8) is 0 Å². The summed E-state index contributed by atoms with van der Waals surface area (Å²) in [6.07, 6.45) is 2.06. The maximum atomic E-state index is 12.8. The summed E-state index contributed by atoms with van der Waals surface area (Å²) >= 11 is 0. The normalized spacial score (nSPS) is 12.9. The van der Waals surface area contributed by atoms with Gasteiger partial charge in [-0.1, -0.05) is 50.2 Å². The van der Waals surface area contributed by atoms with E-state index in [9.17, 15) is 9.59 Å². The summed E-state index contributed by atoms with van der Waals surface area (Å²) in [6, 6.07) is 15.5. The van der Waals surface area contributed by atoms with E-state index >= 15 is 0 Å². The molecule has 0 atom stereocenters. The number of anilines is 1. The second kappa shape index (κ2) is 10.1. The lowest BCUT2D eigenvalue weighted by Crippen LogP contribution is -2.30. The highest BCUT2D eigenvalue weighted by Crippen LogP contribution is 2.32. The quantitative estimate of drug-likeness (QED) is 0.509. The SMILES string of the molecule is COCCN(C)C(=O)c1ccc(CN2C(=O)Cc3cnc(-c4ccccc4C(C)C)nc32)cc1. The Labute approximate surface area is 200 Å². The van der Waals surface area contributed by atoms with Crippen LogP contribution >= 0.6 is 0 Å². The van der Waals surface area contributed by atoms with Crippen LogP contribution in [0, 0.1) is 0 Å². The molecule has 3 aromatic rings. The number of nitrogens with zero attached hydrogens (tertiary/aromatic N) is 4. The number of carbonyl (C=O) groups excluding carboxylic acids is 2. The molecule has 1 aliphatic rings. The average molecular weight is 459 g/mol. The standard InChI is InChI=1S/C27H30N4O3/c1-18(2)22-7-5-6-8-23(22)25-28-16-21-15-24(32)31(26(21)29-25)17-19-9-11-20(12-10-19)27(33)30(3)13-14-34-4/h5-12,16,18H,13-15,17H2,1-4H3. The number of benzene rings is 2. The van der Waals surface area contributed by atoms with Crippen molar-refractivity contribution in [1.82, 2.24) is 14.9 Å². The summed E-state index contributed by atoms with van der Waals surface area (Å²) < 4.78 is 5.04. The lowest BCUT2D eigenvalue weighted by atomic mass is 9.97. The van der Waals surface area contributed by atoms with Crippen LogP contribution in [0.5, 0.6) is 0 Å². The Morgan fingerprint density at radius 2 is 1.88 bits per heavy atom. The van der Waals surface area contributed by atoms with E-state index in [1.54, 1.807) is 42.3 Å². The number of hydrogen-bond acceptors (Lipinski definition) is 5. The Hall–Kier alpha value is -3.58. The maximum Gasteiger partial charge on any atom is 0.253 e. The van der Waals surface area contributed by atoms with Gasteiger partial charge >= 0.3 is 0 Å². The lowest BCUT2D eigenvalue weighted by molar-refractivity contribution is -0.117. The number of fused-ring (bicyclic) bond motifs is 1. The summed E-state index contributed by atoms with van der Waals surface area (Å²) in [4.78, 5) is 38.1. The minimum atomic E-state index is -0.0626. The Kier molecular flexibility index (Phi) is 7.03. The largest absolute Gasteiger partial charge is 0.383 e. The molecule has 2 heterocycles. The number of amides is 2. The van der Waals surface area contributed by atoms with E-state index in [4.69, 9.17) is 9.72 Å². The van der Waals surface area contributed by atoms with Crippen molar-refractivity contribution in [3.05, 3.63) is 77.0 Å². The van der Waals surface area contributed by atoms with Crippen LogP contribution in [0.1, 0.15) is 46.8 Å². The molecule has 0 saturated heterocycles. The third-order valence-corrected chi connectivity index (χ3v) is 6.08. The zero-order valence-electron chi connectivity index (χ0n) is 20.1. The summed E-state index contributed by atoms with van der Waals surface area (Å²) in [5, 5.41) is 0. The van der Waals surface area contributed by atoms with Gasteiger partial charge in [0.2, 0.25) is 5.91 Å². The first-order chi connectivity index (χ1) is 16.4. The van der Waals surface area contributed by atoms with Crippen LogP contribution in [0.4, 0.5) is 5.82 Å². The van der Waals surface area contributed by atoms with Gasteiger partial charge in [0.25, 0.3) is 5.91 Å². The molecule has 0 saturated carbocycles. The molecule has 0 bridgehead atoms. The van der Waals surface area contributed by atoms with Crippen molar-refractivity contribution in [1.29, 1.82) is 0 Å². The van der Waals surface area contributed by atoms with Crippen LogP contribution in [0.2, 0.25) is 0 Å². The number of rotatable bonds is 8. The van der Waals surface area contributed by atoms with Gasteiger partial charge in [0.15, 0.2) is 5.82 Å². The van der Waals surface area contributed by atoms with Crippen LogP contribution < -0.4 is 4.90 Å². The van der Waals surface area contributed by atoms with Crippen LogP contribution in [-0.4, -0.2) is 54.0 Å². The number of methoxy groups -OCH3 is 1. The second-order valence-corrected chi connectivity index (χ2v) is 8.86. The maximum absolute atomic E-state index is 12.8. The summed E-state index contributed by atoms with van der Waals surface area (Å²) in [6.45, 7) is 5.69. The lowest BCUT2D eigenvalue weighted by Gasteiger charge is -2.19. The molecule has 34 heavy (non-hydrogen) atoms. The first-order valence-electron chi connectivity index (χ1n) is 11.5. The fraction of sp³-hybridized carbons (Fsp3) is 0.333. The van der Waals surface area contributed by atoms with Gasteiger partial charge in [0, 0.05) is 43.6 Å². The molecule has 2 aromatic carbocycles. The Morgan fingerprint density at radius 3 is 2.59 bits per heavy atom. The van der Waals surface area contributed by atoms with Crippen molar-refractivity contribution < 1.29 is 14.3 Å². The van der Waals surface area contributed by atoms with Crippen LogP contribution in [0.25, 0.3) is 11.4 Å². The van der Waals surface area contributed by atoms with Crippen molar-refractivity contribution in [2.24, 2.45) is 0 Å². The minimum Gasteiger partial charge on any atom is -0.383 e. The van der Waals surface area contributed by atoms with Gasteiger partial charge in [-0.05, 0) is 29.2 Å². The van der Waals surface area contributed by atoms with Gasteiger partial charge < -0.3 is 9.64 Å². The summed E-state index contributed by atoms with van der Waals surface area (Å²) in [5.41, 5.74) is 4.53. The van der Waals surface area contributed by atoms with Gasteiger partial charge in [-0.3, -0.25) is 14.5 Å². The van der Waals surface area contributed by atoms with E-state index in [0.717, 1.165) is 16.7 Å². The molecular formula is C27H30N4O3. The van der Waals surface area contributed by atoms with Crippen molar-refractivity contribution >= 4 is 17.6 Å². The first kappa shape index (κ1) is 23.6.